The molecule has 1 unspecified atom stereocenters. The lowest BCUT2D eigenvalue weighted by Gasteiger charge is -2.23. The molecule has 1 amide bonds. The summed E-state index contributed by atoms with van der Waals surface area (Å²) < 4.78 is 14.3. The van der Waals surface area contributed by atoms with Crippen LogP contribution in [-0.4, -0.2) is 17.5 Å². The lowest BCUT2D eigenvalue weighted by molar-refractivity contribution is -0.124. The molecule has 2 N–H and O–H groups in total. The van der Waals surface area contributed by atoms with Crippen LogP contribution < -0.4 is 10.6 Å². The highest BCUT2D eigenvalue weighted by atomic mass is 79.9. The second kappa shape index (κ2) is 6.48. The summed E-state index contributed by atoms with van der Waals surface area (Å²) in [4.78, 5) is 11.8. The maximum absolute atomic E-state index is 13.6. The fourth-order valence-electron chi connectivity index (χ4n) is 1.50. The van der Waals surface area contributed by atoms with Crippen molar-refractivity contribution in [2.75, 3.05) is 0 Å². The van der Waals surface area contributed by atoms with E-state index >= 15 is 0 Å². The first-order valence-electron chi connectivity index (χ1n) is 6.18. The monoisotopic (exact) mass is 330 g/mol. The third-order valence-electron chi connectivity index (χ3n) is 2.51. The number of halogens is 2. The zero-order valence-corrected chi connectivity index (χ0v) is 13.3. The van der Waals surface area contributed by atoms with Crippen molar-refractivity contribution < 1.29 is 9.18 Å². The van der Waals surface area contributed by atoms with Gasteiger partial charge >= 0.3 is 0 Å². The SMILES string of the molecule is CC(NCc1ccc(Br)cc1F)C(=O)NC(C)(C)C. The van der Waals surface area contributed by atoms with Gasteiger partial charge in [-0.05, 0) is 39.8 Å². The summed E-state index contributed by atoms with van der Waals surface area (Å²) in [6.45, 7) is 7.85. The topological polar surface area (TPSA) is 41.1 Å². The van der Waals surface area contributed by atoms with E-state index < -0.39 is 0 Å². The summed E-state index contributed by atoms with van der Waals surface area (Å²) in [6, 6.07) is 4.51. The zero-order valence-electron chi connectivity index (χ0n) is 11.7. The van der Waals surface area contributed by atoms with Crippen LogP contribution in [0.25, 0.3) is 0 Å². The van der Waals surface area contributed by atoms with Crippen molar-refractivity contribution in [3.63, 3.8) is 0 Å². The van der Waals surface area contributed by atoms with Gasteiger partial charge < -0.3 is 10.6 Å². The summed E-state index contributed by atoms with van der Waals surface area (Å²) in [6.07, 6.45) is 0. The molecular formula is C14H20BrFN2O. The molecule has 0 heterocycles. The molecule has 1 atom stereocenters. The highest BCUT2D eigenvalue weighted by molar-refractivity contribution is 9.10. The molecule has 106 valence electrons. The van der Waals surface area contributed by atoms with Crippen LogP contribution in [0.5, 0.6) is 0 Å². The summed E-state index contributed by atoms with van der Waals surface area (Å²) >= 11 is 3.21. The maximum Gasteiger partial charge on any atom is 0.237 e. The van der Waals surface area contributed by atoms with E-state index in [9.17, 15) is 9.18 Å². The average molecular weight is 331 g/mol. The molecule has 1 aromatic rings. The molecule has 0 aliphatic carbocycles. The second-order valence-corrected chi connectivity index (χ2v) is 6.49. The average Bonchev–Trinajstić information content (AvgIpc) is 2.25. The molecule has 19 heavy (non-hydrogen) atoms. The lowest BCUT2D eigenvalue weighted by Crippen LogP contribution is -2.49. The Bertz CT molecular complexity index is 457. The first-order chi connectivity index (χ1) is 8.69. The van der Waals surface area contributed by atoms with Crippen LogP contribution in [0.4, 0.5) is 4.39 Å². The molecule has 0 spiro atoms. The van der Waals surface area contributed by atoms with Crippen molar-refractivity contribution in [3.05, 3.63) is 34.1 Å². The molecule has 0 saturated heterocycles. The molecule has 0 radical (unpaired) electrons. The van der Waals surface area contributed by atoms with E-state index in [0.717, 1.165) is 0 Å². The third kappa shape index (κ3) is 5.70. The fraction of sp³-hybridized carbons (Fsp3) is 0.500. The van der Waals surface area contributed by atoms with E-state index in [4.69, 9.17) is 0 Å². The van der Waals surface area contributed by atoms with Crippen LogP contribution in [0.15, 0.2) is 22.7 Å². The van der Waals surface area contributed by atoms with Crippen LogP contribution in [0, 0.1) is 5.82 Å². The van der Waals surface area contributed by atoms with E-state index in [1.807, 2.05) is 20.8 Å². The van der Waals surface area contributed by atoms with Gasteiger partial charge in [-0.25, -0.2) is 4.39 Å². The summed E-state index contributed by atoms with van der Waals surface area (Å²) in [7, 11) is 0. The highest BCUT2D eigenvalue weighted by Crippen LogP contribution is 2.15. The van der Waals surface area contributed by atoms with Crippen LogP contribution in [0.3, 0.4) is 0 Å². The van der Waals surface area contributed by atoms with Gasteiger partial charge in [0.15, 0.2) is 0 Å². The highest BCUT2D eigenvalue weighted by Gasteiger charge is 2.18. The number of benzene rings is 1. The molecule has 1 aromatic carbocycles. The fourth-order valence-corrected chi connectivity index (χ4v) is 1.83. The molecular weight excluding hydrogens is 311 g/mol. The van der Waals surface area contributed by atoms with Crippen molar-refractivity contribution in [2.45, 2.75) is 45.8 Å². The number of hydrogen-bond acceptors (Lipinski definition) is 2. The van der Waals surface area contributed by atoms with Crippen molar-refractivity contribution in [3.8, 4) is 0 Å². The van der Waals surface area contributed by atoms with Gasteiger partial charge in [0.05, 0.1) is 6.04 Å². The van der Waals surface area contributed by atoms with Crippen molar-refractivity contribution in [1.82, 2.24) is 10.6 Å². The minimum absolute atomic E-state index is 0.0926. The predicted molar refractivity (Wildman–Crippen MR) is 78.3 cm³/mol. The minimum Gasteiger partial charge on any atom is -0.350 e. The Labute approximate surface area is 122 Å². The number of rotatable bonds is 4. The van der Waals surface area contributed by atoms with Crippen LogP contribution >= 0.6 is 15.9 Å². The summed E-state index contributed by atoms with van der Waals surface area (Å²) in [5.74, 6) is -0.379. The molecule has 0 aliphatic heterocycles. The van der Waals surface area contributed by atoms with Crippen LogP contribution in [0.1, 0.15) is 33.3 Å². The number of amides is 1. The standard InChI is InChI=1S/C14H20BrFN2O/c1-9(13(19)18-14(2,3)4)17-8-10-5-6-11(15)7-12(10)16/h5-7,9,17H,8H2,1-4H3,(H,18,19). The van der Waals surface area contributed by atoms with Gasteiger partial charge in [-0.1, -0.05) is 22.0 Å². The molecule has 0 fully saturated rings. The van der Waals surface area contributed by atoms with Gasteiger partial charge in [0, 0.05) is 22.1 Å². The molecule has 0 bridgehead atoms. The van der Waals surface area contributed by atoms with Gasteiger partial charge in [-0.3, -0.25) is 4.79 Å². The Balaban J connectivity index is 2.54. The summed E-state index contributed by atoms with van der Waals surface area (Å²) in [5, 5.41) is 5.89. The molecule has 5 heteroatoms. The van der Waals surface area contributed by atoms with Crippen molar-refractivity contribution in [2.24, 2.45) is 0 Å². The molecule has 0 saturated carbocycles. The molecule has 0 aromatic heterocycles. The lowest BCUT2D eigenvalue weighted by atomic mass is 10.1. The smallest absolute Gasteiger partial charge is 0.237 e. The van der Waals surface area contributed by atoms with Gasteiger partial charge in [-0.2, -0.15) is 0 Å². The van der Waals surface area contributed by atoms with Gasteiger partial charge in [0.25, 0.3) is 0 Å². The maximum atomic E-state index is 13.6. The van der Waals surface area contributed by atoms with Crippen molar-refractivity contribution >= 4 is 21.8 Å². The Morgan fingerprint density at radius 2 is 2.05 bits per heavy atom. The number of carbonyl (C=O) groups is 1. The largest absolute Gasteiger partial charge is 0.350 e. The van der Waals surface area contributed by atoms with E-state index in [0.29, 0.717) is 16.6 Å². The molecule has 1 rings (SSSR count). The second-order valence-electron chi connectivity index (χ2n) is 5.58. The van der Waals surface area contributed by atoms with E-state index in [1.54, 1.807) is 19.1 Å². The Morgan fingerprint density at radius 3 is 2.58 bits per heavy atom. The van der Waals surface area contributed by atoms with Crippen LogP contribution in [0.2, 0.25) is 0 Å². The Hall–Kier alpha value is -0.940. The Kier molecular flexibility index (Phi) is 5.50. The molecule has 0 aliphatic rings. The van der Waals surface area contributed by atoms with Gasteiger partial charge in [0.2, 0.25) is 5.91 Å². The first-order valence-corrected chi connectivity index (χ1v) is 6.97. The third-order valence-corrected chi connectivity index (χ3v) is 3.00. The van der Waals surface area contributed by atoms with Gasteiger partial charge in [-0.15, -0.1) is 0 Å². The van der Waals surface area contributed by atoms with E-state index in [2.05, 4.69) is 26.6 Å². The first kappa shape index (κ1) is 16.1. The summed E-state index contributed by atoms with van der Waals surface area (Å²) in [5.41, 5.74) is 0.272. The predicted octanol–water partition coefficient (Wildman–Crippen LogP) is 2.98. The quantitative estimate of drug-likeness (QED) is 0.891. The minimum atomic E-state index is -0.373. The van der Waals surface area contributed by atoms with E-state index in [1.165, 1.54) is 6.07 Å². The van der Waals surface area contributed by atoms with Crippen molar-refractivity contribution in [1.29, 1.82) is 0 Å². The zero-order chi connectivity index (χ0) is 14.6. The van der Waals surface area contributed by atoms with Gasteiger partial charge in [0.1, 0.15) is 5.82 Å². The number of nitrogens with one attached hydrogen (secondary N) is 2. The van der Waals surface area contributed by atoms with E-state index in [-0.39, 0.29) is 23.3 Å². The van der Waals surface area contributed by atoms with Crippen LogP contribution in [-0.2, 0) is 11.3 Å². The number of carbonyl (C=O) groups excluding carboxylic acids is 1. The molecule has 3 nitrogen and oxygen atoms in total. The normalized spacial score (nSPS) is 13.2. The number of hydrogen-bond donors (Lipinski definition) is 2. The Morgan fingerprint density at radius 1 is 1.42 bits per heavy atom.